The van der Waals surface area contributed by atoms with Crippen molar-refractivity contribution in [3.8, 4) is 0 Å². The number of aromatic nitrogens is 1. The number of rotatable bonds is 3. The molecule has 2 heterocycles. The Morgan fingerprint density at radius 2 is 2.19 bits per heavy atom. The van der Waals surface area contributed by atoms with Crippen molar-refractivity contribution in [3.05, 3.63) is 28.5 Å². The van der Waals surface area contributed by atoms with Gasteiger partial charge in [-0.3, -0.25) is 4.79 Å². The maximum atomic E-state index is 12.5. The summed E-state index contributed by atoms with van der Waals surface area (Å²) in [7, 11) is 1.80. The van der Waals surface area contributed by atoms with E-state index in [1.165, 1.54) is 0 Å². The van der Waals surface area contributed by atoms with Crippen LogP contribution in [0.25, 0.3) is 0 Å². The van der Waals surface area contributed by atoms with Gasteiger partial charge in [0.2, 0.25) is 0 Å². The van der Waals surface area contributed by atoms with Crippen molar-refractivity contribution in [3.63, 3.8) is 0 Å². The molecule has 0 radical (unpaired) electrons. The van der Waals surface area contributed by atoms with Crippen LogP contribution in [0.4, 0.5) is 0 Å². The molecular formula is C16H23ClN2O2. The normalized spacial score (nSPS) is 18.8. The molecule has 5 heteroatoms. The number of carbonyl (C=O) groups is 1. The molecule has 0 aliphatic carbocycles. The molecule has 0 saturated carbocycles. The van der Waals surface area contributed by atoms with Gasteiger partial charge in [0.1, 0.15) is 5.15 Å². The van der Waals surface area contributed by atoms with E-state index in [9.17, 15) is 4.79 Å². The summed E-state index contributed by atoms with van der Waals surface area (Å²) in [5, 5.41) is 0.358. The second-order valence-electron chi connectivity index (χ2n) is 6.63. The maximum absolute atomic E-state index is 12.5. The van der Waals surface area contributed by atoms with Crippen molar-refractivity contribution >= 4 is 17.5 Å². The summed E-state index contributed by atoms with van der Waals surface area (Å²) < 4.78 is 5.58. The molecule has 1 fully saturated rings. The number of amides is 1. The average Bonchev–Trinajstić information content (AvgIpc) is 2.88. The number of nitrogens with zero attached hydrogens (tertiary/aromatic N) is 2. The Kier molecular flexibility index (Phi) is 4.89. The average molecular weight is 311 g/mol. The first-order valence-electron chi connectivity index (χ1n) is 7.32. The van der Waals surface area contributed by atoms with Crippen LogP contribution in [0.5, 0.6) is 0 Å². The van der Waals surface area contributed by atoms with Crippen LogP contribution in [0.15, 0.2) is 12.1 Å². The van der Waals surface area contributed by atoms with Crippen molar-refractivity contribution in [2.75, 3.05) is 20.2 Å². The van der Waals surface area contributed by atoms with Crippen molar-refractivity contribution in [2.45, 2.75) is 45.1 Å². The van der Waals surface area contributed by atoms with E-state index in [1.54, 1.807) is 18.0 Å². The minimum atomic E-state index is -0.146. The fourth-order valence-electron chi connectivity index (χ4n) is 2.40. The SMILES string of the molecule is CN(CC1CCCO1)C(=O)c1cc(Cl)nc(C(C)(C)C)c1. The largest absolute Gasteiger partial charge is 0.376 e. The fraction of sp³-hybridized carbons (Fsp3) is 0.625. The molecule has 0 aromatic carbocycles. The quantitative estimate of drug-likeness (QED) is 0.805. The Morgan fingerprint density at radius 1 is 1.48 bits per heavy atom. The molecule has 1 aromatic heterocycles. The van der Waals surface area contributed by atoms with Crippen molar-refractivity contribution in [1.29, 1.82) is 0 Å². The van der Waals surface area contributed by atoms with E-state index in [4.69, 9.17) is 16.3 Å². The molecule has 116 valence electrons. The monoisotopic (exact) mass is 310 g/mol. The lowest BCUT2D eigenvalue weighted by atomic mass is 9.91. The molecule has 1 aliphatic heterocycles. The molecule has 1 amide bonds. The predicted molar refractivity (Wildman–Crippen MR) is 83.9 cm³/mol. The topological polar surface area (TPSA) is 42.4 Å². The molecule has 1 unspecified atom stereocenters. The smallest absolute Gasteiger partial charge is 0.253 e. The molecule has 21 heavy (non-hydrogen) atoms. The molecule has 2 rings (SSSR count). The number of carbonyl (C=O) groups excluding carboxylic acids is 1. The number of halogens is 1. The van der Waals surface area contributed by atoms with Crippen LogP contribution in [-0.2, 0) is 10.2 Å². The Labute approximate surface area is 131 Å². The number of hydrogen-bond acceptors (Lipinski definition) is 3. The summed E-state index contributed by atoms with van der Waals surface area (Å²) in [5.74, 6) is -0.0414. The minimum Gasteiger partial charge on any atom is -0.376 e. The minimum absolute atomic E-state index is 0.0414. The number of pyridine rings is 1. The van der Waals surface area contributed by atoms with E-state index in [2.05, 4.69) is 25.8 Å². The van der Waals surface area contributed by atoms with Crippen LogP contribution >= 0.6 is 11.6 Å². The summed E-state index contributed by atoms with van der Waals surface area (Å²) in [6, 6.07) is 3.46. The molecule has 4 nitrogen and oxygen atoms in total. The third-order valence-corrected chi connectivity index (χ3v) is 3.85. The summed E-state index contributed by atoms with van der Waals surface area (Å²) in [4.78, 5) is 18.6. The van der Waals surface area contributed by atoms with Gasteiger partial charge < -0.3 is 9.64 Å². The molecule has 1 aliphatic rings. The Hall–Kier alpha value is -1.13. The Morgan fingerprint density at radius 3 is 2.76 bits per heavy atom. The summed E-state index contributed by atoms with van der Waals surface area (Å²) in [6.45, 7) is 7.56. The second-order valence-corrected chi connectivity index (χ2v) is 7.02. The first-order chi connectivity index (χ1) is 9.77. The van der Waals surface area contributed by atoms with Gasteiger partial charge >= 0.3 is 0 Å². The molecule has 1 saturated heterocycles. The van der Waals surface area contributed by atoms with Crippen LogP contribution in [0, 0.1) is 0 Å². The van der Waals surface area contributed by atoms with Crippen LogP contribution in [0.1, 0.15) is 49.7 Å². The highest BCUT2D eigenvalue weighted by Crippen LogP contribution is 2.24. The van der Waals surface area contributed by atoms with Crippen LogP contribution in [0.3, 0.4) is 0 Å². The van der Waals surface area contributed by atoms with Gasteiger partial charge in [-0.2, -0.15) is 0 Å². The van der Waals surface area contributed by atoms with Gasteiger partial charge in [-0.1, -0.05) is 32.4 Å². The first-order valence-corrected chi connectivity index (χ1v) is 7.70. The molecule has 0 N–H and O–H groups in total. The van der Waals surface area contributed by atoms with E-state index in [1.807, 2.05) is 6.07 Å². The number of likely N-dealkylation sites (N-methyl/N-ethyl adjacent to an activating group) is 1. The number of ether oxygens (including phenoxy) is 1. The van der Waals surface area contributed by atoms with E-state index in [0.717, 1.165) is 25.1 Å². The van der Waals surface area contributed by atoms with Gasteiger partial charge in [-0.05, 0) is 25.0 Å². The van der Waals surface area contributed by atoms with Gasteiger partial charge in [-0.15, -0.1) is 0 Å². The van der Waals surface area contributed by atoms with Crippen molar-refractivity contribution in [1.82, 2.24) is 9.88 Å². The van der Waals surface area contributed by atoms with Crippen LogP contribution in [-0.4, -0.2) is 42.1 Å². The highest BCUT2D eigenvalue weighted by atomic mass is 35.5. The van der Waals surface area contributed by atoms with E-state index >= 15 is 0 Å². The lowest BCUT2D eigenvalue weighted by molar-refractivity contribution is 0.0587. The zero-order valence-corrected chi connectivity index (χ0v) is 13.9. The number of hydrogen-bond donors (Lipinski definition) is 0. The lowest BCUT2D eigenvalue weighted by Gasteiger charge is -2.23. The first kappa shape index (κ1) is 16.2. The van der Waals surface area contributed by atoms with Crippen molar-refractivity contribution < 1.29 is 9.53 Å². The van der Waals surface area contributed by atoms with Gasteiger partial charge in [0.05, 0.1) is 6.10 Å². The zero-order valence-electron chi connectivity index (χ0n) is 13.1. The molecule has 0 spiro atoms. The molecule has 1 atom stereocenters. The Balaban J connectivity index is 2.16. The van der Waals surface area contributed by atoms with Gasteiger partial charge in [-0.25, -0.2) is 4.98 Å². The molecular weight excluding hydrogens is 288 g/mol. The second kappa shape index (κ2) is 6.32. The lowest BCUT2D eigenvalue weighted by Crippen LogP contribution is -2.34. The Bertz CT molecular complexity index is 519. The zero-order chi connectivity index (χ0) is 15.6. The van der Waals surface area contributed by atoms with E-state index < -0.39 is 0 Å². The fourth-order valence-corrected chi connectivity index (χ4v) is 2.61. The third-order valence-electron chi connectivity index (χ3n) is 3.66. The summed E-state index contributed by atoms with van der Waals surface area (Å²) in [6.07, 6.45) is 2.24. The highest BCUT2D eigenvalue weighted by molar-refractivity contribution is 6.29. The summed E-state index contributed by atoms with van der Waals surface area (Å²) in [5.41, 5.74) is 1.26. The van der Waals surface area contributed by atoms with Crippen LogP contribution in [0.2, 0.25) is 5.15 Å². The van der Waals surface area contributed by atoms with E-state index in [-0.39, 0.29) is 17.4 Å². The highest BCUT2D eigenvalue weighted by Gasteiger charge is 2.23. The van der Waals surface area contributed by atoms with Crippen molar-refractivity contribution in [2.24, 2.45) is 0 Å². The molecule has 1 aromatic rings. The third kappa shape index (κ3) is 4.17. The van der Waals surface area contributed by atoms with Gasteiger partial charge in [0, 0.05) is 36.9 Å². The summed E-state index contributed by atoms with van der Waals surface area (Å²) >= 11 is 6.07. The predicted octanol–water partition coefficient (Wildman–Crippen LogP) is 3.28. The molecule has 0 bridgehead atoms. The van der Waals surface area contributed by atoms with E-state index in [0.29, 0.717) is 17.3 Å². The van der Waals surface area contributed by atoms with Gasteiger partial charge in [0.15, 0.2) is 0 Å². The van der Waals surface area contributed by atoms with Crippen LogP contribution < -0.4 is 0 Å². The van der Waals surface area contributed by atoms with Gasteiger partial charge in [0.25, 0.3) is 5.91 Å². The standard InChI is InChI=1S/C16H23ClN2O2/c1-16(2,3)13-8-11(9-14(17)18-13)15(20)19(4)10-12-6-5-7-21-12/h8-9,12H,5-7,10H2,1-4H3. The maximum Gasteiger partial charge on any atom is 0.253 e.